The summed E-state index contributed by atoms with van der Waals surface area (Å²) in [5.41, 5.74) is 2.32. The van der Waals surface area contributed by atoms with E-state index in [1.54, 1.807) is 0 Å². The third kappa shape index (κ3) is 4.72. The third-order valence-corrected chi connectivity index (χ3v) is 4.97. The van der Waals surface area contributed by atoms with Crippen molar-refractivity contribution in [2.75, 3.05) is 6.54 Å². The largest absolute Gasteiger partial charge is 0.310 e. The molecule has 0 aliphatic heterocycles. The molecule has 4 heteroatoms. The van der Waals surface area contributed by atoms with Gasteiger partial charge in [0.15, 0.2) is 0 Å². The van der Waals surface area contributed by atoms with Gasteiger partial charge in [-0.15, -0.1) is 0 Å². The van der Waals surface area contributed by atoms with Gasteiger partial charge in [-0.05, 0) is 64.6 Å². The molecule has 0 fully saturated rings. The summed E-state index contributed by atoms with van der Waals surface area (Å²) in [6.45, 7) is 3.12. The van der Waals surface area contributed by atoms with Crippen molar-refractivity contribution in [3.8, 4) is 0 Å². The first-order chi connectivity index (χ1) is 10.1. The van der Waals surface area contributed by atoms with E-state index in [1.165, 1.54) is 5.56 Å². The Bertz CT molecular complexity index is 601. The van der Waals surface area contributed by atoms with Gasteiger partial charge in [-0.3, -0.25) is 0 Å². The van der Waals surface area contributed by atoms with Crippen LogP contribution in [0.5, 0.6) is 0 Å². The zero-order chi connectivity index (χ0) is 15.2. The van der Waals surface area contributed by atoms with Crippen LogP contribution in [0.1, 0.15) is 30.5 Å². The molecule has 0 saturated carbocycles. The van der Waals surface area contributed by atoms with Gasteiger partial charge in [-0.1, -0.05) is 54.4 Å². The summed E-state index contributed by atoms with van der Waals surface area (Å²) in [5.74, 6) is 0. The van der Waals surface area contributed by atoms with Crippen molar-refractivity contribution in [2.45, 2.75) is 25.8 Å². The van der Waals surface area contributed by atoms with Gasteiger partial charge in [-0.2, -0.15) is 0 Å². The molecule has 0 bridgehead atoms. The highest BCUT2D eigenvalue weighted by atomic mass is 79.9. The SMILES string of the molecule is CCCNC(Cc1ccccc1Cl)c1ccc(Br)c(Cl)c1. The molecule has 1 atom stereocenters. The van der Waals surface area contributed by atoms with Crippen LogP contribution >= 0.6 is 39.1 Å². The lowest BCUT2D eigenvalue weighted by molar-refractivity contribution is 0.529. The first-order valence-electron chi connectivity index (χ1n) is 7.03. The Kier molecular flexibility index (Phi) is 6.56. The number of rotatable bonds is 6. The highest BCUT2D eigenvalue weighted by Gasteiger charge is 2.14. The molecule has 0 aliphatic rings. The summed E-state index contributed by atoms with van der Waals surface area (Å²) >= 11 is 15.9. The fourth-order valence-electron chi connectivity index (χ4n) is 2.24. The maximum Gasteiger partial charge on any atom is 0.0551 e. The van der Waals surface area contributed by atoms with Crippen LogP contribution in [0, 0.1) is 0 Å². The Labute approximate surface area is 144 Å². The summed E-state index contributed by atoms with van der Waals surface area (Å²) in [6, 6.07) is 14.3. The van der Waals surface area contributed by atoms with Crippen LogP contribution in [0.15, 0.2) is 46.9 Å². The Morgan fingerprint density at radius 3 is 2.52 bits per heavy atom. The standard InChI is InChI=1S/C17H18BrCl2N/c1-2-9-21-17(11-12-5-3-4-6-15(12)19)13-7-8-14(18)16(20)10-13/h3-8,10,17,21H,2,9,11H2,1H3. The maximum absolute atomic E-state index is 6.28. The van der Waals surface area contributed by atoms with Crippen molar-refractivity contribution in [1.82, 2.24) is 5.32 Å². The molecular weight excluding hydrogens is 369 g/mol. The maximum atomic E-state index is 6.28. The van der Waals surface area contributed by atoms with E-state index < -0.39 is 0 Å². The van der Waals surface area contributed by atoms with Gasteiger partial charge in [0.2, 0.25) is 0 Å². The normalized spacial score (nSPS) is 12.4. The Balaban J connectivity index is 2.25. The molecule has 0 heterocycles. The zero-order valence-corrected chi connectivity index (χ0v) is 15.0. The summed E-state index contributed by atoms with van der Waals surface area (Å²) in [6.07, 6.45) is 1.93. The lowest BCUT2D eigenvalue weighted by atomic mass is 9.98. The van der Waals surface area contributed by atoms with Crippen LogP contribution in [0.4, 0.5) is 0 Å². The van der Waals surface area contributed by atoms with Gasteiger partial charge in [-0.25, -0.2) is 0 Å². The molecule has 0 aliphatic carbocycles. The highest BCUT2D eigenvalue weighted by Crippen LogP contribution is 2.29. The molecule has 0 spiro atoms. The lowest BCUT2D eigenvalue weighted by Crippen LogP contribution is -2.24. The smallest absolute Gasteiger partial charge is 0.0551 e. The van der Waals surface area contributed by atoms with E-state index in [0.29, 0.717) is 0 Å². The van der Waals surface area contributed by atoms with Crippen molar-refractivity contribution >= 4 is 39.1 Å². The third-order valence-electron chi connectivity index (χ3n) is 3.37. The van der Waals surface area contributed by atoms with Gasteiger partial charge in [0.25, 0.3) is 0 Å². The van der Waals surface area contributed by atoms with Crippen molar-refractivity contribution < 1.29 is 0 Å². The van der Waals surface area contributed by atoms with Crippen molar-refractivity contribution in [3.05, 3.63) is 68.1 Å². The molecule has 0 aromatic heterocycles. The molecule has 1 nitrogen and oxygen atoms in total. The molecule has 0 saturated heterocycles. The predicted octanol–water partition coefficient (Wildman–Crippen LogP) is 6.04. The summed E-state index contributed by atoms with van der Waals surface area (Å²) in [5, 5.41) is 5.12. The summed E-state index contributed by atoms with van der Waals surface area (Å²) in [7, 11) is 0. The van der Waals surface area contributed by atoms with E-state index in [0.717, 1.165) is 39.5 Å². The Morgan fingerprint density at radius 2 is 1.86 bits per heavy atom. The quantitative estimate of drug-likeness (QED) is 0.638. The van der Waals surface area contributed by atoms with Crippen molar-refractivity contribution in [2.24, 2.45) is 0 Å². The van der Waals surface area contributed by atoms with Gasteiger partial charge in [0.05, 0.1) is 5.02 Å². The lowest BCUT2D eigenvalue weighted by Gasteiger charge is -2.20. The first kappa shape index (κ1) is 16.8. The minimum absolute atomic E-state index is 0.204. The highest BCUT2D eigenvalue weighted by molar-refractivity contribution is 9.10. The van der Waals surface area contributed by atoms with E-state index in [4.69, 9.17) is 23.2 Å². The second kappa shape index (κ2) is 8.19. The van der Waals surface area contributed by atoms with E-state index in [1.807, 2.05) is 30.3 Å². The van der Waals surface area contributed by atoms with Crippen molar-refractivity contribution in [3.63, 3.8) is 0 Å². The molecule has 2 rings (SSSR count). The summed E-state index contributed by atoms with van der Waals surface area (Å²) < 4.78 is 0.917. The monoisotopic (exact) mass is 385 g/mol. The molecule has 0 amide bonds. The van der Waals surface area contributed by atoms with Gasteiger partial charge >= 0.3 is 0 Å². The van der Waals surface area contributed by atoms with E-state index >= 15 is 0 Å². The molecule has 1 unspecified atom stereocenters. The Morgan fingerprint density at radius 1 is 1.10 bits per heavy atom. The van der Waals surface area contributed by atoms with Crippen molar-refractivity contribution in [1.29, 1.82) is 0 Å². The second-order valence-corrected chi connectivity index (χ2v) is 6.64. The summed E-state index contributed by atoms with van der Waals surface area (Å²) in [4.78, 5) is 0. The fraction of sp³-hybridized carbons (Fsp3) is 0.294. The van der Waals surface area contributed by atoms with Gasteiger partial charge < -0.3 is 5.32 Å². The van der Waals surface area contributed by atoms with Crippen LogP contribution in [-0.2, 0) is 6.42 Å². The first-order valence-corrected chi connectivity index (χ1v) is 8.58. The molecule has 2 aromatic carbocycles. The zero-order valence-electron chi connectivity index (χ0n) is 11.9. The van der Waals surface area contributed by atoms with Crippen LogP contribution in [-0.4, -0.2) is 6.54 Å². The number of hydrogen-bond donors (Lipinski definition) is 1. The van der Waals surface area contributed by atoms with Crippen LogP contribution in [0.2, 0.25) is 10.0 Å². The fourth-order valence-corrected chi connectivity index (χ4v) is 2.89. The van der Waals surface area contributed by atoms with Gasteiger partial charge in [0, 0.05) is 15.5 Å². The van der Waals surface area contributed by atoms with E-state index in [2.05, 4.69) is 40.3 Å². The molecule has 2 aromatic rings. The molecule has 112 valence electrons. The van der Waals surface area contributed by atoms with E-state index in [-0.39, 0.29) is 6.04 Å². The van der Waals surface area contributed by atoms with Gasteiger partial charge in [0.1, 0.15) is 0 Å². The molecule has 1 N–H and O–H groups in total. The molecular formula is C17H18BrCl2N. The van der Waals surface area contributed by atoms with Crippen LogP contribution < -0.4 is 5.32 Å². The number of benzene rings is 2. The average molecular weight is 387 g/mol. The second-order valence-electron chi connectivity index (χ2n) is 4.98. The minimum Gasteiger partial charge on any atom is -0.310 e. The number of nitrogens with one attached hydrogen (secondary N) is 1. The number of halogens is 3. The van der Waals surface area contributed by atoms with Crippen LogP contribution in [0.3, 0.4) is 0 Å². The Hall–Kier alpha value is -0.540. The van der Waals surface area contributed by atoms with Crippen LogP contribution in [0.25, 0.3) is 0 Å². The van der Waals surface area contributed by atoms with E-state index in [9.17, 15) is 0 Å². The topological polar surface area (TPSA) is 12.0 Å². The molecule has 21 heavy (non-hydrogen) atoms. The average Bonchev–Trinajstić information content (AvgIpc) is 2.48. The molecule has 0 radical (unpaired) electrons. The number of hydrogen-bond acceptors (Lipinski definition) is 1. The minimum atomic E-state index is 0.204. The predicted molar refractivity (Wildman–Crippen MR) is 95.3 cm³/mol.